The van der Waals surface area contributed by atoms with Crippen LogP contribution in [0.25, 0.3) is 11.3 Å². The summed E-state index contributed by atoms with van der Waals surface area (Å²) in [7, 11) is 1.64. The molecule has 7 heteroatoms. The summed E-state index contributed by atoms with van der Waals surface area (Å²) in [5.74, 6) is 4.94. The molecule has 30 heavy (non-hydrogen) atoms. The lowest BCUT2D eigenvalue weighted by Crippen LogP contribution is -2.32. The number of ether oxygens (including phenoxy) is 2. The molecule has 2 aromatic heterocycles. The molecule has 4 rings (SSSR count). The van der Waals surface area contributed by atoms with E-state index in [9.17, 15) is 0 Å². The SMILES string of the molecule is COc1cccc(-c2ccc(OCCn3ccnc3C)c(CN3CCSCC3)c2)n1. The van der Waals surface area contributed by atoms with E-state index in [1.165, 1.54) is 17.1 Å². The number of hydrogen-bond acceptors (Lipinski definition) is 6. The van der Waals surface area contributed by atoms with Crippen molar-refractivity contribution in [3.05, 3.63) is 60.2 Å². The summed E-state index contributed by atoms with van der Waals surface area (Å²) in [6.07, 6.45) is 3.81. The fourth-order valence-corrected chi connectivity index (χ4v) is 4.57. The lowest BCUT2D eigenvalue weighted by Gasteiger charge is -2.27. The minimum atomic E-state index is 0.608. The molecule has 0 N–H and O–H groups in total. The van der Waals surface area contributed by atoms with Crippen LogP contribution in [-0.2, 0) is 13.1 Å². The lowest BCUT2D eigenvalue weighted by molar-refractivity contribution is 0.269. The van der Waals surface area contributed by atoms with Gasteiger partial charge in [-0.3, -0.25) is 4.90 Å². The van der Waals surface area contributed by atoms with Crippen LogP contribution in [0, 0.1) is 6.92 Å². The molecular formula is C23H28N4O2S. The van der Waals surface area contributed by atoms with Crippen LogP contribution in [0.2, 0.25) is 0 Å². The third-order valence-corrected chi connectivity index (χ3v) is 6.24. The third kappa shape index (κ3) is 5.15. The maximum absolute atomic E-state index is 6.22. The van der Waals surface area contributed by atoms with Gasteiger partial charge in [-0.2, -0.15) is 11.8 Å². The van der Waals surface area contributed by atoms with Gasteiger partial charge < -0.3 is 14.0 Å². The number of thioether (sulfide) groups is 1. The Balaban J connectivity index is 1.54. The van der Waals surface area contributed by atoms with E-state index in [-0.39, 0.29) is 0 Å². The Morgan fingerprint density at radius 3 is 2.77 bits per heavy atom. The van der Waals surface area contributed by atoms with Crippen LogP contribution in [0.1, 0.15) is 11.4 Å². The molecule has 158 valence electrons. The first kappa shape index (κ1) is 20.8. The lowest BCUT2D eigenvalue weighted by atomic mass is 10.1. The highest BCUT2D eigenvalue weighted by molar-refractivity contribution is 7.99. The van der Waals surface area contributed by atoms with Gasteiger partial charge in [-0.15, -0.1) is 0 Å². The molecule has 1 fully saturated rings. The number of nitrogens with zero attached hydrogens (tertiary/aromatic N) is 4. The van der Waals surface area contributed by atoms with E-state index in [2.05, 4.69) is 37.6 Å². The van der Waals surface area contributed by atoms with E-state index < -0.39 is 0 Å². The Bertz CT molecular complexity index is 969. The number of methoxy groups -OCH3 is 1. The fraction of sp³-hybridized carbons (Fsp3) is 0.391. The minimum Gasteiger partial charge on any atom is -0.491 e. The summed E-state index contributed by atoms with van der Waals surface area (Å²) in [6.45, 7) is 6.51. The fourth-order valence-electron chi connectivity index (χ4n) is 3.59. The molecule has 0 spiro atoms. The molecule has 3 heterocycles. The Kier molecular flexibility index (Phi) is 6.92. The third-order valence-electron chi connectivity index (χ3n) is 5.30. The Morgan fingerprint density at radius 1 is 1.13 bits per heavy atom. The van der Waals surface area contributed by atoms with Crippen LogP contribution < -0.4 is 9.47 Å². The number of pyridine rings is 1. The number of rotatable bonds is 8. The number of imidazole rings is 1. The summed E-state index contributed by atoms with van der Waals surface area (Å²) in [5, 5.41) is 0. The van der Waals surface area contributed by atoms with Crippen LogP contribution in [0.3, 0.4) is 0 Å². The molecule has 0 saturated carbocycles. The summed E-state index contributed by atoms with van der Waals surface area (Å²) >= 11 is 2.03. The zero-order valence-electron chi connectivity index (χ0n) is 17.6. The highest BCUT2D eigenvalue weighted by Gasteiger charge is 2.15. The molecule has 1 aromatic carbocycles. The van der Waals surface area contributed by atoms with Gasteiger partial charge in [-0.25, -0.2) is 9.97 Å². The summed E-state index contributed by atoms with van der Waals surface area (Å²) in [4.78, 5) is 11.4. The zero-order chi connectivity index (χ0) is 20.8. The second kappa shape index (κ2) is 10.00. The molecule has 0 aliphatic carbocycles. The highest BCUT2D eigenvalue weighted by atomic mass is 32.2. The second-order valence-corrected chi connectivity index (χ2v) is 8.52. The van der Waals surface area contributed by atoms with Crippen molar-refractivity contribution in [2.24, 2.45) is 0 Å². The molecule has 0 radical (unpaired) electrons. The quantitative estimate of drug-likeness (QED) is 0.547. The number of aromatic nitrogens is 3. The first-order chi connectivity index (χ1) is 14.7. The maximum Gasteiger partial charge on any atom is 0.213 e. The molecule has 3 aromatic rings. The van der Waals surface area contributed by atoms with Gasteiger partial charge in [0.1, 0.15) is 18.2 Å². The molecule has 0 atom stereocenters. The summed E-state index contributed by atoms with van der Waals surface area (Å²) in [6, 6.07) is 12.2. The standard InChI is InChI=1S/C23H28N4O2S/c1-18-24-8-9-27(18)10-13-29-22-7-6-19(21-4-3-5-23(25-21)28-2)16-20(22)17-26-11-14-30-15-12-26/h3-9,16H,10-15,17H2,1-2H3. The largest absolute Gasteiger partial charge is 0.491 e. The summed E-state index contributed by atoms with van der Waals surface area (Å²) < 4.78 is 13.6. The first-order valence-corrected chi connectivity index (χ1v) is 11.4. The van der Waals surface area contributed by atoms with E-state index in [0.717, 1.165) is 49.0 Å². The smallest absolute Gasteiger partial charge is 0.213 e. The van der Waals surface area contributed by atoms with Crippen molar-refractivity contribution in [3.8, 4) is 22.9 Å². The Morgan fingerprint density at radius 2 is 2.00 bits per heavy atom. The molecule has 6 nitrogen and oxygen atoms in total. The van der Waals surface area contributed by atoms with Crippen molar-refractivity contribution in [3.63, 3.8) is 0 Å². The number of aryl methyl sites for hydroxylation is 1. The second-order valence-electron chi connectivity index (χ2n) is 7.29. The van der Waals surface area contributed by atoms with Crippen LogP contribution in [0.4, 0.5) is 0 Å². The molecule has 0 amide bonds. The van der Waals surface area contributed by atoms with E-state index >= 15 is 0 Å². The van der Waals surface area contributed by atoms with E-state index in [1.807, 2.05) is 49.3 Å². The average molecular weight is 425 g/mol. The number of hydrogen-bond donors (Lipinski definition) is 0. The molecule has 0 bridgehead atoms. The van der Waals surface area contributed by atoms with Crippen LogP contribution >= 0.6 is 11.8 Å². The van der Waals surface area contributed by atoms with Crippen LogP contribution in [-0.4, -0.2) is 57.7 Å². The van der Waals surface area contributed by atoms with Gasteiger partial charge in [0.2, 0.25) is 5.88 Å². The van der Waals surface area contributed by atoms with Crippen molar-refractivity contribution in [1.29, 1.82) is 0 Å². The van der Waals surface area contributed by atoms with Gasteiger partial charge in [0.05, 0.1) is 19.3 Å². The van der Waals surface area contributed by atoms with Crippen LogP contribution in [0.15, 0.2) is 48.8 Å². The van der Waals surface area contributed by atoms with Gasteiger partial charge in [0.15, 0.2) is 0 Å². The Hall–Kier alpha value is -2.51. The van der Waals surface area contributed by atoms with Gasteiger partial charge >= 0.3 is 0 Å². The minimum absolute atomic E-state index is 0.608. The normalized spacial score (nSPS) is 14.6. The average Bonchev–Trinajstić information content (AvgIpc) is 3.20. The topological polar surface area (TPSA) is 52.4 Å². The van der Waals surface area contributed by atoms with Gasteiger partial charge in [-0.1, -0.05) is 6.07 Å². The highest BCUT2D eigenvalue weighted by Crippen LogP contribution is 2.28. The predicted molar refractivity (Wildman–Crippen MR) is 121 cm³/mol. The number of benzene rings is 1. The van der Waals surface area contributed by atoms with Crippen molar-refractivity contribution < 1.29 is 9.47 Å². The van der Waals surface area contributed by atoms with Crippen molar-refractivity contribution in [2.75, 3.05) is 38.3 Å². The first-order valence-electron chi connectivity index (χ1n) is 10.3. The monoisotopic (exact) mass is 424 g/mol. The molecule has 1 saturated heterocycles. The zero-order valence-corrected chi connectivity index (χ0v) is 18.4. The predicted octanol–water partition coefficient (Wildman–Crippen LogP) is 3.89. The van der Waals surface area contributed by atoms with Gasteiger partial charge in [-0.05, 0) is 31.2 Å². The van der Waals surface area contributed by atoms with Crippen LogP contribution in [0.5, 0.6) is 11.6 Å². The maximum atomic E-state index is 6.22. The van der Waals surface area contributed by atoms with Crippen molar-refractivity contribution in [2.45, 2.75) is 20.0 Å². The van der Waals surface area contributed by atoms with Crippen molar-refractivity contribution in [1.82, 2.24) is 19.4 Å². The van der Waals surface area contributed by atoms with Crippen molar-refractivity contribution >= 4 is 11.8 Å². The molecule has 1 aliphatic heterocycles. The van der Waals surface area contributed by atoms with E-state index in [0.29, 0.717) is 12.5 Å². The molecule has 1 aliphatic rings. The van der Waals surface area contributed by atoms with Gasteiger partial charge in [0, 0.05) is 60.7 Å². The van der Waals surface area contributed by atoms with E-state index in [1.54, 1.807) is 7.11 Å². The Labute approximate surface area is 182 Å². The van der Waals surface area contributed by atoms with Gasteiger partial charge in [0.25, 0.3) is 0 Å². The molecular weight excluding hydrogens is 396 g/mol. The molecule has 0 unspecified atom stereocenters. The van der Waals surface area contributed by atoms with E-state index in [4.69, 9.17) is 9.47 Å². The summed E-state index contributed by atoms with van der Waals surface area (Å²) in [5.41, 5.74) is 3.19.